The smallest absolute Gasteiger partial charge is 0.433 e. The van der Waals surface area contributed by atoms with Crippen LogP contribution in [-0.4, -0.2) is 33.9 Å². The fourth-order valence-electron chi connectivity index (χ4n) is 2.66. The van der Waals surface area contributed by atoms with Gasteiger partial charge in [0.1, 0.15) is 17.0 Å². The van der Waals surface area contributed by atoms with Gasteiger partial charge in [0.2, 0.25) is 0 Å². The van der Waals surface area contributed by atoms with Crippen LogP contribution in [0.25, 0.3) is 11.0 Å². The van der Waals surface area contributed by atoms with E-state index in [4.69, 9.17) is 9.47 Å². The molecule has 1 N–H and O–H groups in total. The van der Waals surface area contributed by atoms with Crippen LogP contribution < -0.4 is 9.47 Å². The molecule has 3 rings (SSSR count). The lowest BCUT2D eigenvalue weighted by Crippen LogP contribution is -2.08. The zero-order valence-electron chi connectivity index (χ0n) is 14.1. The van der Waals surface area contributed by atoms with E-state index in [2.05, 4.69) is 15.0 Å². The number of ether oxygens (including phenoxy) is 2. The fraction of sp³-hybridized carbons (Fsp3) is 0.294. The van der Waals surface area contributed by atoms with E-state index in [-0.39, 0.29) is 12.5 Å². The van der Waals surface area contributed by atoms with Gasteiger partial charge < -0.3 is 9.47 Å². The molecule has 0 atom stereocenters. The highest BCUT2D eigenvalue weighted by atomic mass is 16.5. The van der Waals surface area contributed by atoms with E-state index in [1.54, 1.807) is 38.6 Å². The predicted molar refractivity (Wildman–Crippen MR) is 89.9 cm³/mol. The second-order valence-electron chi connectivity index (χ2n) is 5.53. The number of nitrogens with zero attached hydrogens (tertiary/aromatic N) is 3. The normalized spacial score (nSPS) is 10.8. The number of pyridine rings is 1. The Morgan fingerprint density at radius 3 is 2.71 bits per heavy atom. The molecule has 3 aromatic rings. The monoisotopic (exact) mass is 327 g/mol. The average Bonchev–Trinajstić information content (AvgIpc) is 3.01. The van der Waals surface area contributed by atoms with E-state index in [0.717, 1.165) is 27.2 Å². The van der Waals surface area contributed by atoms with Crippen molar-refractivity contribution >= 4 is 17.0 Å². The number of H-pyrrole nitrogens is 1. The Hall–Kier alpha value is -2.96. The summed E-state index contributed by atoms with van der Waals surface area (Å²) in [5, 5.41) is 0. The Morgan fingerprint density at radius 2 is 2.00 bits per heavy atom. The summed E-state index contributed by atoms with van der Waals surface area (Å²) in [6, 6.07) is 5.41. The molecule has 0 fully saturated rings. The summed E-state index contributed by atoms with van der Waals surface area (Å²) in [6.45, 7) is 3.90. The van der Waals surface area contributed by atoms with Gasteiger partial charge in [-0.15, -0.1) is 0 Å². The molecule has 7 nitrogen and oxygen atoms in total. The molecule has 0 saturated carbocycles. The maximum atomic E-state index is 12.5. The van der Waals surface area contributed by atoms with E-state index >= 15 is 0 Å². The maximum absolute atomic E-state index is 12.5. The number of methoxy groups -OCH3 is 2. The summed E-state index contributed by atoms with van der Waals surface area (Å²) in [4.78, 5) is 24.2. The van der Waals surface area contributed by atoms with Crippen LogP contribution in [0.15, 0.2) is 24.4 Å². The predicted octanol–water partition coefficient (Wildman–Crippen LogP) is 3.20. The van der Waals surface area contributed by atoms with Crippen LogP contribution in [0.5, 0.6) is 11.5 Å². The first-order valence-corrected chi connectivity index (χ1v) is 7.51. The van der Waals surface area contributed by atoms with Crippen LogP contribution in [0.4, 0.5) is 5.95 Å². The number of rotatable bonds is 5. The lowest BCUT2D eigenvalue weighted by atomic mass is 10.1. The molecule has 124 valence electrons. The van der Waals surface area contributed by atoms with Crippen molar-refractivity contribution in [3.63, 3.8) is 0 Å². The van der Waals surface area contributed by atoms with Gasteiger partial charge in [-0.25, -0.2) is 4.98 Å². The molecule has 0 aliphatic heterocycles. The van der Waals surface area contributed by atoms with Gasteiger partial charge in [0.25, 0.3) is 0 Å². The number of aryl methyl sites for hydroxylation is 1. The first kappa shape index (κ1) is 15.9. The summed E-state index contributed by atoms with van der Waals surface area (Å²) >= 11 is 0. The van der Waals surface area contributed by atoms with Gasteiger partial charge in [-0.2, -0.15) is 0 Å². The molecule has 0 saturated heterocycles. The molecule has 0 spiro atoms. The molecule has 0 bridgehead atoms. The largest absolute Gasteiger partial charge is 0.497 e. The van der Waals surface area contributed by atoms with Gasteiger partial charge in [-0.05, 0) is 30.7 Å². The number of imidazole rings is 1. The molecule has 7 heteroatoms. The zero-order chi connectivity index (χ0) is 17.3. The van der Waals surface area contributed by atoms with Gasteiger partial charge in [0, 0.05) is 23.4 Å². The third-order valence-electron chi connectivity index (χ3n) is 3.96. The summed E-state index contributed by atoms with van der Waals surface area (Å²) in [7, 11) is 3.21. The van der Waals surface area contributed by atoms with Crippen LogP contribution >= 0.6 is 0 Å². The van der Waals surface area contributed by atoms with Crippen LogP contribution in [0.3, 0.4) is 0 Å². The lowest BCUT2D eigenvalue weighted by Gasteiger charge is -2.10. The SMILES string of the molecule is COc1ccc2nc([N+](=O)Cc3ncc(C)c(OC)c3C)[nH]c2c1. The highest BCUT2D eigenvalue weighted by Gasteiger charge is 2.21. The fourth-order valence-corrected chi connectivity index (χ4v) is 2.66. The Bertz CT molecular complexity index is 918. The minimum atomic E-state index is 0.0828. The molecule has 24 heavy (non-hydrogen) atoms. The Labute approximate surface area is 139 Å². The molecule has 0 aliphatic rings. The van der Waals surface area contributed by atoms with Gasteiger partial charge in [0.05, 0.1) is 19.9 Å². The molecule has 2 aromatic heterocycles. The molecule has 0 aliphatic carbocycles. The molecule has 0 amide bonds. The Morgan fingerprint density at radius 1 is 1.21 bits per heavy atom. The van der Waals surface area contributed by atoms with Crippen LogP contribution in [0.1, 0.15) is 16.8 Å². The molecule has 2 heterocycles. The molecule has 0 unspecified atom stereocenters. The maximum Gasteiger partial charge on any atom is 0.433 e. The number of aromatic nitrogens is 3. The Balaban J connectivity index is 1.90. The minimum absolute atomic E-state index is 0.0828. The summed E-state index contributed by atoms with van der Waals surface area (Å²) in [5.41, 5.74) is 3.91. The molecular weight excluding hydrogens is 308 g/mol. The third kappa shape index (κ3) is 2.80. The van der Waals surface area contributed by atoms with Gasteiger partial charge in [-0.1, -0.05) is 9.89 Å². The zero-order valence-corrected chi connectivity index (χ0v) is 14.1. The van der Waals surface area contributed by atoms with Crippen LogP contribution in [-0.2, 0) is 6.54 Å². The van der Waals surface area contributed by atoms with E-state index < -0.39 is 0 Å². The third-order valence-corrected chi connectivity index (χ3v) is 3.96. The summed E-state index contributed by atoms with van der Waals surface area (Å²) < 4.78 is 11.3. The standard InChI is InChI=1S/C17H19N4O3/c1-10-8-18-15(11(2)16(10)24-4)9-21(22)17-19-13-6-5-12(23-3)7-14(13)20-17/h5-8H,9H2,1-4H3,(H,19,20)/q+1. The quantitative estimate of drug-likeness (QED) is 0.728. The van der Waals surface area contributed by atoms with Crippen LogP contribution in [0, 0.1) is 18.8 Å². The second-order valence-corrected chi connectivity index (χ2v) is 5.53. The number of benzene rings is 1. The highest BCUT2D eigenvalue weighted by Crippen LogP contribution is 2.26. The minimum Gasteiger partial charge on any atom is -0.497 e. The van der Waals surface area contributed by atoms with Crippen molar-refractivity contribution in [2.75, 3.05) is 14.2 Å². The number of hydrogen-bond donors (Lipinski definition) is 1. The van der Waals surface area contributed by atoms with Crippen molar-refractivity contribution in [1.82, 2.24) is 15.0 Å². The van der Waals surface area contributed by atoms with Gasteiger partial charge in [0.15, 0.2) is 12.1 Å². The van der Waals surface area contributed by atoms with Gasteiger partial charge >= 0.3 is 5.95 Å². The number of aromatic amines is 1. The number of hydrogen-bond acceptors (Lipinski definition) is 5. The lowest BCUT2D eigenvalue weighted by molar-refractivity contribution is -0.488. The first-order chi connectivity index (χ1) is 11.5. The average molecular weight is 327 g/mol. The van der Waals surface area contributed by atoms with Crippen molar-refractivity contribution < 1.29 is 14.2 Å². The topological polar surface area (TPSA) is 80.1 Å². The van der Waals surface area contributed by atoms with E-state index in [1.165, 1.54) is 0 Å². The van der Waals surface area contributed by atoms with Crippen molar-refractivity contribution in [2.45, 2.75) is 20.4 Å². The highest BCUT2D eigenvalue weighted by molar-refractivity contribution is 5.78. The number of nitroso groups, excluding NO2 is 1. The molecule has 0 radical (unpaired) electrons. The summed E-state index contributed by atoms with van der Waals surface area (Å²) in [6.07, 6.45) is 1.71. The first-order valence-electron chi connectivity index (χ1n) is 7.51. The van der Waals surface area contributed by atoms with Crippen molar-refractivity contribution in [1.29, 1.82) is 0 Å². The van der Waals surface area contributed by atoms with Crippen molar-refractivity contribution in [2.24, 2.45) is 0 Å². The van der Waals surface area contributed by atoms with Crippen molar-refractivity contribution in [3.8, 4) is 11.5 Å². The number of fused-ring (bicyclic) bond motifs is 1. The van der Waals surface area contributed by atoms with Crippen molar-refractivity contribution in [3.05, 3.63) is 46.1 Å². The second kappa shape index (κ2) is 6.27. The Kier molecular flexibility index (Phi) is 4.16. The molecular formula is C17H19N4O3+. The van der Waals surface area contributed by atoms with Gasteiger partial charge in [-0.3, -0.25) is 4.98 Å². The van der Waals surface area contributed by atoms with Crippen LogP contribution in [0.2, 0.25) is 0 Å². The van der Waals surface area contributed by atoms with E-state index in [0.29, 0.717) is 17.0 Å². The number of nitrogens with one attached hydrogen (secondary N) is 1. The molecule has 1 aromatic carbocycles. The van der Waals surface area contributed by atoms with E-state index in [9.17, 15) is 4.91 Å². The van der Waals surface area contributed by atoms with E-state index in [1.807, 2.05) is 13.8 Å². The summed E-state index contributed by atoms with van der Waals surface area (Å²) in [5.74, 6) is 1.69.